The van der Waals surface area contributed by atoms with Gasteiger partial charge in [-0.25, -0.2) is 9.97 Å². The molecule has 3 fully saturated rings. The van der Waals surface area contributed by atoms with E-state index in [1.54, 1.807) is 0 Å². The lowest BCUT2D eigenvalue weighted by atomic mass is 10.1. The summed E-state index contributed by atoms with van der Waals surface area (Å²) in [6.07, 6.45) is 2.08. The first-order valence-corrected chi connectivity index (χ1v) is 8.22. The van der Waals surface area contributed by atoms with Crippen LogP contribution in [0, 0.1) is 0 Å². The molecule has 0 spiro atoms. The fourth-order valence-corrected chi connectivity index (χ4v) is 3.67. The van der Waals surface area contributed by atoms with E-state index < -0.39 is 0 Å². The molecule has 2 bridgehead atoms. The second-order valence-corrected chi connectivity index (χ2v) is 6.34. The van der Waals surface area contributed by atoms with Gasteiger partial charge >= 0.3 is 0 Å². The van der Waals surface area contributed by atoms with E-state index in [0.717, 1.165) is 54.3 Å². The van der Waals surface area contributed by atoms with Crippen molar-refractivity contribution >= 4 is 21.7 Å². The zero-order chi connectivity index (χ0) is 14.1. The minimum absolute atomic E-state index is 0.355. The third kappa shape index (κ3) is 2.56. The van der Waals surface area contributed by atoms with Gasteiger partial charge in [-0.3, -0.25) is 9.80 Å². The van der Waals surface area contributed by atoms with Crippen LogP contribution in [0.15, 0.2) is 4.47 Å². The first kappa shape index (κ1) is 14.2. The number of nitrogens with zero attached hydrogens (tertiary/aromatic N) is 4. The maximum atomic E-state index is 4.85. The van der Waals surface area contributed by atoms with Crippen LogP contribution in [0.25, 0.3) is 0 Å². The summed E-state index contributed by atoms with van der Waals surface area (Å²) in [5, 5.41) is 3.19. The standard InChI is InChI=1S/C14H22BrN5/c1-3-4-10-12(15)14(16-2)18-13(17-10)11-9-19-5-7-20(11)8-6-19/h11H,3-9H2,1-2H3,(H,16,17,18). The summed E-state index contributed by atoms with van der Waals surface area (Å²) in [6.45, 7) is 7.91. The summed E-state index contributed by atoms with van der Waals surface area (Å²) in [4.78, 5) is 14.6. The highest BCUT2D eigenvalue weighted by Gasteiger charge is 2.35. The van der Waals surface area contributed by atoms with Crippen molar-refractivity contribution in [2.75, 3.05) is 45.1 Å². The Morgan fingerprint density at radius 1 is 1.25 bits per heavy atom. The van der Waals surface area contributed by atoms with Gasteiger partial charge in [0.1, 0.15) is 11.6 Å². The van der Waals surface area contributed by atoms with Crippen LogP contribution in [0.5, 0.6) is 0 Å². The van der Waals surface area contributed by atoms with Crippen molar-refractivity contribution in [3.63, 3.8) is 0 Å². The minimum Gasteiger partial charge on any atom is -0.372 e. The van der Waals surface area contributed by atoms with Crippen molar-refractivity contribution in [2.24, 2.45) is 0 Å². The smallest absolute Gasteiger partial charge is 0.149 e. The van der Waals surface area contributed by atoms with Crippen molar-refractivity contribution in [3.05, 3.63) is 16.0 Å². The van der Waals surface area contributed by atoms with Gasteiger partial charge in [0.25, 0.3) is 0 Å². The lowest BCUT2D eigenvalue weighted by molar-refractivity contribution is 0.00860. The van der Waals surface area contributed by atoms with Gasteiger partial charge in [0, 0.05) is 39.8 Å². The molecule has 0 radical (unpaired) electrons. The molecule has 1 aromatic rings. The average molecular weight is 340 g/mol. The van der Waals surface area contributed by atoms with E-state index in [1.165, 1.54) is 13.1 Å². The Morgan fingerprint density at radius 3 is 2.55 bits per heavy atom. The summed E-state index contributed by atoms with van der Waals surface area (Å²) in [5.41, 5.74) is 1.12. The molecule has 1 N–H and O–H groups in total. The Labute approximate surface area is 128 Å². The molecule has 1 atom stereocenters. The second-order valence-electron chi connectivity index (χ2n) is 5.54. The molecule has 1 unspecified atom stereocenters. The van der Waals surface area contributed by atoms with Crippen LogP contribution in [0.2, 0.25) is 0 Å². The van der Waals surface area contributed by atoms with Gasteiger partial charge in [-0.05, 0) is 22.4 Å². The number of fused-ring (bicyclic) bond motifs is 3. The molecule has 4 rings (SSSR count). The summed E-state index contributed by atoms with van der Waals surface area (Å²) in [6, 6.07) is 0.355. The first-order valence-electron chi connectivity index (χ1n) is 7.43. The molecule has 4 heterocycles. The Bertz CT molecular complexity index is 485. The molecule has 3 aliphatic heterocycles. The Balaban J connectivity index is 1.94. The number of nitrogens with one attached hydrogen (secondary N) is 1. The summed E-state index contributed by atoms with van der Waals surface area (Å²) in [7, 11) is 1.92. The first-order chi connectivity index (χ1) is 9.72. The molecule has 0 saturated carbocycles. The Morgan fingerprint density at radius 2 is 2.00 bits per heavy atom. The van der Waals surface area contributed by atoms with E-state index in [-0.39, 0.29) is 0 Å². The maximum absolute atomic E-state index is 4.85. The van der Waals surface area contributed by atoms with E-state index in [1.807, 2.05) is 7.05 Å². The molecule has 6 heteroatoms. The maximum Gasteiger partial charge on any atom is 0.149 e. The number of hydrogen-bond donors (Lipinski definition) is 1. The molecule has 0 aromatic carbocycles. The van der Waals surface area contributed by atoms with E-state index in [9.17, 15) is 0 Å². The number of piperazine rings is 3. The van der Waals surface area contributed by atoms with Crippen LogP contribution in [0.1, 0.15) is 30.9 Å². The van der Waals surface area contributed by atoms with E-state index in [4.69, 9.17) is 9.97 Å². The van der Waals surface area contributed by atoms with Crippen molar-refractivity contribution < 1.29 is 0 Å². The number of anilines is 1. The fraction of sp³-hybridized carbons (Fsp3) is 0.714. The van der Waals surface area contributed by atoms with Gasteiger partial charge in [0.05, 0.1) is 16.2 Å². The van der Waals surface area contributed by atoms with Crippen LogP contribution in [0.4, 0.5) is 5.82 Å². The van der Waals surface area contributed by atoms with Gasteiger partial charge in [-0.1, -0.05) is 13.3 Å². The van der Waals surface area contributed by atoms with Gasteiger partial charge in [0.15, 0.2) is 0 Å². The molecule has 3 saturated heterocycles. The monoisotopic (exact) mass is 339 g/mol. The topological polar surface area (TPSA) is 44.3 Å². The van der Waals surface area contributed by atoms with Gasteiger partial charge in [-0.2, -0.15) is 0 Å². The summed E-state index contributed by atoms with van der Waals surface area (Å²) in [5.74, 6) is 1.89. The number of aromatic nitrogens is 2. The lowest BCUT2D eigenvalue weighted by Crippen LogP contribution is -2.57. The molecule has 3 aliphatic rings. The van der Waals surface area contributed by atoms with Gasteiger partial charge < -0.3 is 5.32 Å². The van der Waals surface area contributed by atoms with Gasteiger partial charge in [-0.15, -0.1) is 0 Å². The van der Waals surface area contributed by atoms with E-state index >= 15 is 0 Å². The molecule has 5 nitrogen and oxygen atoms in total. The van der Waals surface area contributed by atoms with E-state index in [0.29, 0.717) is 6.04 Å². The Kier molecular flexibility index (Phi) is 4.23. The number of rotatable bonds is 4. The SMILES string of the molecule is CCCc1nc(C2CN3CCN2CC3)nc(NC)c1Br. The van der Waals surface area contributed by atoms with Crippen LogP contribution >= 0.6 is 15.9 Å². The predicted molar refractivity (Wildman–Crippen MR) is 84.0 cm³/mol. The molecular weight excluding hydrogens is 318 g/mol. The third-order valence-electron chi connectivity index (χ3n) is 4.24. The average Bonchev–Trinajstić information content (AvgIpc) is 2.50. The molecule has 0 amide bonds. The third-order valence-corrected chi connectivity index (χ3v) is 5.07. The largest absolute Gasteiger partial charge is 0.372 e. The highest BCUT2D eigenvalue weighted by molar-refractivity contribution is 9.10. The summed E-state index contributed by atoms with van der Waals surface area (Å²) < 4.78 is 1.02. The van der Waals surface area contributed by atoms with Crippen LogP contribution in [0.3, 0.4) is 0 Å². The predicted octanol–water partition coefficient (Wildman–Crippen LogP) is 1.91. The molecule has 0 aliphatic carbocycles. The van der Waals surface area contributed by atoms with Gasteiger partial charge in [0.2, 0.25) is 0 Å². The highest BCUT2D eigenvalue weighted by Crippen LogP contribution is 2.31. The lowest BCUT2D eigenvalue weighted by Gasteiger charge is -2.46. The van der Waals surface area contributed by atoms with Crippen molar-refractivity contribution in [1.29, 1.82) is 0 Å². The molecule has 110 valence electrons. The summed E-state index contributed by atoms with van der Waals surface area (Å²) >= 11 is 3.63. The normalized spacial score (nSPS) is 28.6. The zero-order valence-electron chi connectivity index (χ0n) is 12.2. The second kappa shape index (κ2) is 5.95. The Hall–Kier alpha value is -0.720. The van der Waals surface area contributed by atoms with Crippen molar-refractivity contribution in [3.8, 4) is 0 Å². The number of halogens is 1. The minimum atomic E-state index is 0.355. The quantitative estimate of drug-likeness (QED) is 0.907. The molecule has 1 aromatic heterocycles. The van der Waals surface area contributed by atoms with Crippen molar-refractivity contribution in [2.45, 2.75) is 25.8 Å². The fourth-order valence-electron chi connectivity index (χ4n) is 3.09. The van der Waals surface area contributed by atoms with Crippen LogP contribution < -0.4 is 5.32 Å². The molecule has 20 heavy (non-hydrogen) atoms. The number of aryl methyl sites for hydroxylation is 1. The molecular formula is C14H22BrN5. The number of hydrogen-bond acceptors (Lipinski definition) is 5. The zero-order valence-corrected chi connectivity index (χ0v) is 13.8. The highest BCUT2D eigenvalue weighted by atomic mass is 79.9. The van der Waals surface area contributed by atoms with Crippen LogP contribution in [-0.4, -0.2) is 59.5 Å². The van der Waals surface area contributed by atoms with Crippen molar-refractivity contribution in [1.82, 2.24) is 19.8 Å². The van der Waals surface area contributed by atoms with Crippen LogP contribution in [-0.2, 0) is 6.42 Å². The van der Waals surface area contributed by atoms with E-state index in [2.05, 4.69) is 38.0 Å².